The van der Waals surface area contributed by atoms with Gasteiger partial charge >= 0.3 is 0 Å². The zero-order valence-corrected chi connectivity index (χ0v) is 15.2. The molecule has 0 spiro atoms. The Labute approximate surface area is 159 Å². The minimum absolute atomic E-state index is 0.144. The molecule has 1 unspecified atom stereocenters. The minimum atomic E-state index is -0.229. The van der Waals surface area contributed by atoms with Crippen molar-refractivity contribution in [3.8, 4) is 0 Å². The number of anilines is 1. The summed E-state index contributed by atoms with van der Waals surface area (Å²) in [5, 5.41) is 17.9. The molecule has 5 heteroatoms. The van der Waals surface area contributed by atoms with Gasteiger partial charge in [-0.15, -0.1) is 0 Å². The van der Waals surface area contributed by atoms with Gasteiger partial charge in [-0.25, -0.2) is 0 Å². The molecule has 3 N–H and O–H groups in total. The van der Waals surface area contributed by atoms with Gasteiger partial charge in [-0.05, 0) is 41.2 Å². The number of fused-ring (bicyclic) bond motifs is 1. The molecule has 1 fully saturated rings. The van der Waals surface area contributed by atoms with Crippen molar-refractivity contribution >= 4 is 24.0 Å². The summed E-state index contributed by atoms with van der Waals surface area (Å²) < 4.78 is 0. The van der Waals surface area contributed by atoms with Crippen LogP contribution in [-0.4, -0.2) is 24.9 Å². The number of amides is 1. The molecule has 2 aromatic carbocycles. The fraction of sp³-hybridized carbons (Fsp3) is 0.318. The lowest BCUT2D eigenvalue weighted by Crippen LogP contribution is -2.20. The topological polar surface area (TPSA) is 80.0 Å². The zero-order chi connectivity index (χ0) is 18.8. The third-order valence-electron chi connectivity index (χ3n) is 5.59. The lowest BCUT2D eigenvalue weighted by Gasteiger charge is -2.20. The van der Waals surface area contributed by atoms with Gasteiger partial charge in [0.25, 0.3) is 0 Å². The average Bonchev–Trinajstić information content (AvgIpc) is 3.30. The van der Waals surface area contributed by atoms with Crippen molar-refractivity contribution in [2.24, 2.45) is 0 Å². The van der Waals surface area contributed by atoms with E-state index in [-0.39, 0.29) is 17.9 Å². The number of rotatable bonds is 6. The second-order valence-electron chi connectivity index (χ2n) is 7.32. The van der Waals surface area contributed by atoms with E-state index < -0.39 is 0 Å². The Morgan fingerprint density at radius 2 is 1.89 bits per heavy atom. The van der Waals surface area contributed by atoms with Crippen LogP contribution in [0.3, 0.4) is 0 Å². The summed E-state index contributed by atoms with van der Waals surface area (Å²) in [4.78, 5) is 13.8. The molecular formula is C22H24N4O. The van der Waals surface area contributed by atoms with Crippen molar-refractivity contribution in [2.75, 3.05) is 11.4 Å². The van der Waals surface area contributed by atoms with E-state index in [4.69, 9.17) is 10.8 Å². The van der Waals surface area contributed by atoms with Gasteiger partial charge in [0.05, 0.1) is 12.0 Å². The quantitative estimate of drug-likeness (QED) is 0.688. The van der Waals surface area contributed by atoms with Crippen LogP contribution in [0.5, 0.6) is 0 Å². The third kappa shape index (κ3) is 3.50. The summed E-state index contributed by atoms with van der Waals surface area (Å²) in [6.07, 6.45) is 5.13. The number of hydrogen-bond acceptors (Lipinski definition) is 4. The van der Waals surface area contributed by atoms with E-state index in [1.165, 1.54) is 34.8 Å². The average molecular weight is 360 g/mol. The predicted molar refractivity (Wildman–Crippen MR) is 108 cm³/mol. The summed E-state index contributed by atoms with van der Waals surface area (Å²) >= 11 is 0. The number of carbonyl (C=O) groups excluding carboxylic acids is 1. The van der Waals surface area contributed by atoms with Crippen LogP contribution < -0.4 is 10.2 Å². The number of benzene rings is 2. The number of hydrogen-bond donors (Lipinski definition) is 3. The molecular weight excluding hydrogens is 336 g/mol. The van der Waals surface area contributed by atoms with Crippen LogP contribution in [0, 0.1) is 10.8 Å². The Bertz CT molecular complexity index is 866. The first-order valence-corrected chi connectivity index (χ1v) is 9.45. The monoisotopic (exact) mass is 360 g/mol. The highest BCUT2D eigenvalue weighted by molar-refractivity contribution is 5.88. The van der Waals surface area contributed by atoms with Gasteiger partial charge in [-0.2, -0.15) is 0 Å². The molecule has 4 rings (SSSR count). The summed E-state index contributed by atoms with van der Waals surface area (Å²) in [6, 6.07) is 15.0. The molecule has 2 aliphatic heterocycles. The lowest BCUT2D eigenvalue weighted by molar-refractivity contribution is -0.119. The van der Waals surface area contributed by atoms with Gasteiger partial charge < -0.3 is 21.0 Å². The maximum Gasteiger partial charge on any atom is 0.220 e. The van der Waals surface area contributed by atoms with Crippen LogP contribution in [0.15, 0.2) is 42.5 Å². The van der Waals surface area contributed by atoms with Gasteiger partial charge in [0, 0.05) is 37.6 Å². The van der Waals surface area contributed by atoms with E-state index in [1.807, 2.05) is 6.07 Å². The second kappa shape index (κ2) is 7.35. The van der Waals surface area contributed by atoms with Crippen LogP contribution in [-0.2, 0) is 17.8 Å². The molecule has 27 heavy (non-hydrogen) atoms. The molecule has 2 heterocycles. The van der Waals surface area contributed by atoms with Gasteiger partial charge in [0.15, 0.2) is 0 Å². The third-order valence-corrected chi connectivity index (χ3v) is 5.59. The fourth-order valence-corrected chi connectivity index (χ4v) is 4.04. The highest BCUT2D eigenvalue weighted by atomic mass is 16.1. The largest absolute Gasteiger partial charge is 0.367 e. The van der Waals surface area contributed by atoms with E-state index in [1.54, 1.807) is 0 Å². The van der Waals surface area contributed by atoms with E-state index in [0.29, 0.717) is 6.42 Å². The van der Waals surface area contributed by atoms with Crippen molar-refractivity contribution < 1.29 is 4.79 Å². The smallest absolute Gasteiger partial charge is 0.220 e. The number of nitrogens with zero attached hydrogens (tertiary/aromatic N) is 1. The number of carbonyl (C=O) groups is 1. The van der Waals surface area contributed by atoms with Crippen molar-refractivity contribution in [3.05, 3.63) is 64.7 Å². The Kier molecular flexibility index (Phi) is 4.75. The van der Waals surface area contributed by atoms with Crippen LogP contribution in [0.4, 0.5) is 5.69 Å². The first kappa shape index (κ1) is 17.5. The Hall–Kier alpha value is -2.95. The summed E-state index contributed by atoms with van der Waals surface area (Å²) in [6.45, 7) is 1.85. The van der Waals surface area contributed by atoms with E-state index >= 15 is 0 Å². The Balaban J connectivity index is 1.46. The SMILES string of the molecule is N=CC(C=N)c1ccc2c(c1)CCN2Cc1ccc(C2CCC(=O)N2)cc1. The van der Waals surface area contributed by atoms with Gasteiger partial charge in [0.1, 0.15) is 0 Å². The molecule has 1 atom stereocenters. The first-order chi connectivity index (χ1) is 13.2. The highest BCUT2D eigenvalue weighted by Gasteiger charge is 2.23. The van der Waals surface area contributed by atoms with E-state index in [2.05, 4.69) is 46.6 Å². The van der Waals surface area contributed by atoms with Crippen molar-refractivity contribution in [3.63, 3.8) is 0 Å². The van der Waals surface area contributed by atoms with Crippen molar-refractivity contribution in [2.45, 2.75) is 37.8 Å². The molecule has 0 aliphatic carbocycles. The summed E-state index contributed by atoms with van der Waals surface area (Å²) in [5.41, 5.74) is 6.01. The second-order valence-corrected chi connectivity index (χ2v) is 7.32. The molecule has 2 aliphatic rings. The molecule has 1 amide bonds. The zero-order valence-electron chi connectivity index (χ0n) is 15.2. The fourth-order valence-electron chi connectivity index (χ4n) is 4.04. The predicted octanol–water partition coefficient (Wildman–Crippen LogP) is 3.58. The van der Waals surface area contributed by atoms with Crippen LogP contribution >= 0.6 is 0 Å². The summed E-state index contributed by atoms with van der Waals surface area (Å²) in [5.74, 6) is -0.0848. The van der Waals surface area contributed by atoms with Crippen molar-refractivity contribution in [1.82, 2.24) is 5.32 Å². The van der Waals surface area contributed by atoms with Crippen LogP contribution in [0.25, 0.3) is 0 Å². The molecule has 0 saturated carbocycles. The highest BCUT2D eigenvalue weighted by Crippen LogP contribution is 2.32. The first-order valence-electron chi connectivity index (χ1n) is 9.45. The lowest BCUT2D eigenvalue weighted by atomic mass is 9.98. The minimum Gasteiger partial charge on any atom is -0.367 e. The van der Waals surface area contributed by atoms with Crippen LogP contribution in [0.1, 0.15) is 47.1 Å². The molecule has 0 bridgehead atoms. The molecule has 0 radical (unpaired) electrons. The summed E-state index contributed by atoms with van der Waals surface area (Å²) in [7, 11) is 0. The normalized spacial score (nSPS) is 19.5. The maximum atomic E-state index is 11.4. The molecule has 2 aromatic rings. The Morgan fingerprint density at radius 1 is 1.11 bits per heavy atom. The standard InChI is InChI=1S/C22H24N4O/c23-12-19(13-24)17-5-7-21-18(11-17)9-10-26(21)14-15-1-3-16(4-2-15)20-6-8-22(27)25-20/h1-5,7,11-13,19-20,23-24H,6,8-10,14H2,(H,25,27). The molecule has 5 nitrogen and oxygen atoms in total. The van der Waals surface area contributed by atoms with E-state index in [9.17, 15) is 4.79 Å². The number of nitrogens with one attached hydrogen (secondary N) is 3. The van der Waals surface area contributed by atoms with E-state index in [0.717, 1.165) is 31.5 Å². The molecule has 1 saturated heterocycles. The molecule has 0 aromatic heterocycles. The van der Waals surface area contributed by atoms with Crippen molar-refractivity contribution in [1.29, 1.82) is 10.8 Å². The van der Waals surface area contributed by atoms with Gasteiger partial charge in [0.2, 0.25) is 5.91 Å². The van der Waals surface area contributed by atoms with Gasteiger partial charge in [-0.1, -0.05) is 36.4 Å². The van der Waals surface area contributed by atoms with Crippen LogP contribution in [0.2, 0.25) is 0 Å². The maximum absolute atomic E-state index is 11.4. The van der Waals surface area contributed by atoms with Gasteiger partial charge in [-0.3, -0.25) is 4.79 Å². The molecule has 138 valence electrons. The Morgan fingerprint density at radius 3 is 2.56 bits per heavy atom.